The molecule has 0 spiro atoms. The standard InChI is InChI=1S/C12H23N5OS/c1-7(2)8(6-17(4)5)15-11(18)9-10(13)16-12(14-3)19-9/h7-8H,6,13H2,1-5H3,(H,14,16)(H,15,18). The molecule has 1 amide bonds. The number of carbonyl (C=O) groups is 1. The van der Waals surface area contributed by atoms with Gasteiger partial charge in [-0.2, -0.15) is 0 Å². The third-order valence-electron chi connectivity index (χ3n) is 2.76. The quantitative estimate of drug-likeness (QED) is 0.728. The van der Waals surface area contributed by atoms with Crippen molar-refractivity contribution in [2.75, 3.05) is 38.7 Å². The molecule has 19 heavy (non-hydrogen) atoms. The summed E-state index contributed by atoms with van der Waals surface area (Å²) in [4.78, 5) is 18.8. The molecule has 6 nitrogen and oxygen atoms in total. The molecule has 0 aliphatic heterocycles. The number of nitrogens with zero attached hydrogens (tertiary/aromatic N) is 2. The largest absolute Gasteiger partial charge is 0.382 e. The van der Waals surface area contributed by atoms with E-state index >= 15 is 0 Å². The van der Waals surface area contributed by atoms with Crippen LogP contribution in [0.4, 0.5) is 10.9 Å². The van der Waals surface area contributed by atoms with Crippen molar-refractivity contribution in [2.24, 2.45) is 5.92 Å². The summed E-state index contributed by atoms with van der Waals surface area (Å²) in [6.45, 7) is 4.97. The fraction of sp³-hybridized carbons (Fsp3) is 0.667. The van der Waals surface area contributed by atoms with Gasteiger partial charge in [0.25, 0.3) is 5.91 Å². The third-order valence-corrected chi connectivity index (χ3v) is 3.84. The van der Waals surface area contributed by atoms with Crippen molar-refractivity contribution in [3.05, 3.63) is 4.88 Å². The van der Waals surface area contributed by atoms with Gasteiger partial charge in [0.15, 0.2) is 5.13 Å². The van der Waals surface area contributed by atoms with Crippen LogP contribution in [0.2, 0.25) is 0 Å². The Morgan fingerprint density at radius 1 is 1.47 bits per heavy atom. The van der Waals surface area contributed by atoms with Crippen LogP contribution in [-0.2, 0) is 0 Å². The number of thiazole rings is 1. The molecule has 108 valence electrons. The Labute approximate surface area is 118 Å². The van der Waals surface area contributed by atoms with Gasteiger partial charge in [-0.25, -0.2) is 4.98 Å². The first-order chi connectivity index (χ1) is 8.85. The van der Waals surface area contributed by atoms with E-state index in [9.17, 15) is 4.79 Å². The first-order valence-electron chi connectivity index (χ1n) is 6.24. The van der Waals surface area contributed by atoms with Gasteiger partial charge < -0.3 is 21.3 Å². The molecule has 0 aliphatic carbocycles. The number of nitrogen functional groups attached to an aromatic ring is 1. The van der Waals surface area contributed by atoms with Crippen molar-refractivity contribution in [3.63, 3.8) is 0 Å². The molecule has 1 atom stereocenters. The molecule has 0 fully saturated rings. The Hall–Kier alpha value is -1.34. The van der Waals surface area contributed by atoms with Crippen LogP contribution >= 0.6 is 11.3 Å². The zero-order valence-electron chi connectivity index (χ0n) is 12.2. The number of hydrogen-bond donors (Lipinski definition) is 3. The lowest BCUT2D eigenvalue weighted by Crippen LogP contribution is -2.44. The van der Waals surface area contributed by atoms with E-state index in [1.54, 1.807) is 7.05 Å². The Morgan fingerprint density at radius 3 is 2.53 bits per heavy atom. The van der Waals surface area contributed by atoms with Gasteiger partial charge >= 0.3 is 0 Å². The van der Waals surface area contributed by atoms with E-state index in [-0.39, 0.29) is 17.8 Å². The van der Waals surface area contributed by atoms with Gasteiger partial charge in [-0.05, 0) is 20.0 Å². The predicted octanol–water partition coefficient (Wildman–Crippen LogP) is 1.08. The maximum absolute atomic E-state index is 12.2. The van der Waals surface area contributed by atoms with E-state index in [2.05, 4.69) is 34.4 Å². The number of carbonyl (C=O) groups excluding carboxylic acids is 1. The minimum atomic E-state index is -0.156. The first kappa shape index (κ1) is 15.7. The summed E-state index contributed by atoms with van der Waals surface area (Å²) in [6.07, 6.45) is 0. The highest BCUT2D eigenvalue weighted by Gasteiger charge is 2.21. The van der Waals surface area contributed by atoms with E-state index in [1.807, 2.05) is 14.1 Å². The van der Waals surface area contributed by atoms with E-state index in [0.717, 1.165) is 6.54 Å². The molecule has 1 aromatic rings. The zero-order chi connectivity index (χ0) is 14.6. The number of nitrogens with two attached hydrogens (primary N) is 1. The minimum Gasteiger partial charge on any atom is -0.382 e. The highest BCUT2D eigenvalue weighted by molar-refractivity contribution is 7.18. The Kier molecular flexibility index (Phi) is 5.56. The molecule has 0 saturated heterocycles. The smallest absolute Gasteiger partial charge is 0.265 e. The maximum Gasteiger partial charge on any atom is 0.265 e. The average Bonchev–Trinajstić information content (AvgIpc) is 2.69. The van der Waals surface area contributed by atoms with E-state index in [0.29, 0.717) is 15.9 Å². The fourth-order valence-corrected chi connectivity index (χ4v) is 2.39. The molecule has 0 bridgehead atoms. The lowest BCUT2D eigenvalue weighted by molar-refractivity contribution is 0.0921. The first-order valence-corrected chi connectivity index (χ1v) is 7.06. The molecule has 0 saturated carbocycles. The highest BCUT2D eigenvalue weighted by atomic mass is 32.1. The Morgan fingerprint density at radius 2 is 2.11 bits per heavy atom. The van der Waals surface area contributed by atoms with E-state index < -0.39 is 0 Å². The van der Waals surface area contributed by atoms with Crippen molar-refractivity contribution in [3.8, 4) is 0 Å². The number of amides is 1. The van der Waals surface area contributed by atoms with Gasteiger partial charge in [0.2, 0.25) is 0 Å². The number of hydrogen-bond acceptors (Lipinski definition) is 6. The Bertz CT molecular complexity index is 430. The van der Waals surface area contributed by atoms with Gasteiger partial charge in [0, 0.05) is 19.6 Å². The number of likely N-dealkylation sites (N-methyl/N-ethyl adjacent to an activating group) is 1. The molecule has 1 aromatic heterocycles. The number of aromatic nitrogens is 1. The second kappa shape index (κ2) is 6.72. The second-order valence-electron chi connectivity index (χ2n) is 5.07. The topological polar surface area (TPSA) is 83.3 Å². The van der Waals surface area contributed by atoms with E-state index in [4.69, 9.17) is 5.73 Å². The maximum atomic E-state index is 12.2. The SMILES string of the molecule is CNc1nc(N)c(C(=O)NC(CN(C)C)C(C)C)s1. The summed E-state index contributed by atoms with van der Waals surface area (Å²) in [6, 6.07) is 0.0852. The van der Waals surface area contributed by atoms with Crippen molar-refractivity contribution in [1.29, 1.82) is 0 Å². The summed E-state index contributed by atoms with van der Waals surface area (Å²) in [5.41, 5.74) is 5.76. The molecule has 0 aliphatic rings. The van der Waals surface area contributed by atoms with Gasteiger partial charge in [0.1, 0.15) is 10.7 Å². The van der Waals surface area contributed by atoms with Crippen LogP contribution in [0.3, 0.4) is 0 Å². The molecule has 0 radical (unpaired) electrons. The normalized spacial score (nSPS) is 12.8. The lowest BCUT2D eigenvalue weighted by Gasteiger charge is -2.25. The van der Waals surface area contributed by atoms with Gasteiger partial charge in [0.05, 0.1) is 0 Å². The Balaban J connectivity index is 2.78. The third kappa shape index (κ3) is 4.36. The summed E-state index contributed by atoms with van der Waals surface area (Å²) in [7, 11) is 5.73. The van der Waals surface area contributed by atoms with Gasteiger partial charge in [-0.3, -0.25) is 4.79 Å². The number of nitrogens with one attached hydrogen (secondary N) is 2. The molecule has 1 rings (SSSR count). The number of rotatable bonds is 6. The highest BCUT2D eigenvalue weighted by Crippen LogP contribution is 2.24. The van der Waals surface area contributed by atoms with Gasteiger partial charge in [-0.15, -0.1) is 0 Å². The van der Waals surface area contributed by atoms with Crippen LogP contribution in [0, 0.1) is 5.92 Å². The van der Waals surface area contributed by atoms with Crippen LogP contribution in [0.1, 0.15) is 23.5 Å². The van der Waals surface area contributed by atoms with Crippen molar-refractivity contribution >= 4 is 28.2 Å². The number of anilines is 2. The average molecular weight is 285 g/mol. The summed E-state index contributed by atoms with van der Waals surface area (Å²) in [5, 5.41) is 6.56. The van der Waals surface area contributed by atoms with Crippen LogP contribution in [-0.4, -0.2) is 49.5 Å². The van der Waals surface area contributed by atoms with Crippen LogP contribution in [0.25, 0.3) is 0 Å². The van der Waals surface area contributed by atoms with Crippen molar-refractivity contribution in [1.82, 2.24) is 15.2 Å². The summed E-state index contributed by atoms with van der Waals surface area (Å²) in [5.74, 6) is 0.473. The molecule has 7 heteroatoms. The molecule has 4 N–H and O–H groups in total. The van der Waals surface area contributed by atoms with Crippen molar-refractivity contribution < 1.29 is 4.79 Å². The molecule has 0 aromatic carbocycles. The molecular weight excluding hydrogens is 262 g/mol. The van der Waals surface area contributed by atoms with Crippen LogP contribution in [0.5, 0.6) is 0 Å². The summed E-state index contributed by atoms with van der Waals surface area (Å²) < 4.78 is 0. The second-order valence-corrected chi connectivity index (χ2v) is 6.07. The predicted molar refractivity (Wildman–Crippen MR) is 80.7 cm³/mol. The lowest BCUT2D eigenvalue weighted by atomic mass is 10.0. The van der Waals surface area contributed by atoms with Crippen LogP contribution < -0.4 is 16.4 Å². The van der Waals surface area contributed by atoms with Gasteiger partial charge in [-0.1, -0.05) is 25.2 Å². The zero-order valence-corrected chi connectivity index (χ0v) is 13.0. The van der Waals surface area contributed by atoms with Crippen LogP contribution in [0.15, 0.2) is 0 Å². The van der Waals surface area contributed by atoms with Crippen molar-refractivity contribution in [2.45, 2.75) is 19.9 Å². The summed E-state index contributed by atoms with van der Waals surface area (Å²) >= 11 is 1.27. The molecule has 1 heterocycles. The van der Waals surface area contributed by atoms with E-state index in [1.165, 1.54) is 11.3 Å². The fourth-order valence-electron chi connectivity index (χ4n) is 1.65. The molecular formula is C12H23N5OS. The minimum absolute atomic E-state index is 0.0852. The monoisotopic (exact) mass is 285 g/mol. The molecule has 1 unspecified atom stereocenters.